The molecular weight excluding hydrogens is 614 g/mol. The monoisotopic (exact) mass is 659 g/mol. The molecule has 5 fully saturated rings. The van der Waals surface area contributed by atoms with Gasteiger partial charge in [0.2, 0.25) is 22.5 Å². The molecular formula is C26H45FN9O4P3. The van der Waals surface area contributed by atoms with Gasteiger partial charge in [-0.3, -0.25) is 5.09 Å². The Kier molecular flexibility index (Phi) is 9.87. The Labute approximate surface area is 254 Å². The average molecular weight is 660 g/mol. The summed E-state index contributed by atoms with van der Waals surface area (Å²) in [5.74, 6) is -0.218. The molecule has 0 aliphatic carbocycles. The highest BCUT2D eigenvalue weighted by molar-refractivity contribution is 7.83. The first-order valence-corrected chi connectivity index (χ1v) is 20.5. The minimum Gasteiger partial charge on any atom is -0.379 e. The fraction of sp³-hybridized carbons (Fsp3) is 0.769. The van der Waals surface area contributed by atoms with Gasteiger partial charge in [0.05, 0.1) is 52.9 Å². The maximum atomic E-state index is 13.9. The van der Waals surface area contributed by atoms with E-state index in [9.17, 15) is 4.39 Å². The second-order valence-corrected chi connectivity index (χ2v) is 20.0. The van der Waals surface area contributed by atoms with Gasteiger partial charge < -0.3 is 18.9 Å². The summed E-state index contributed by atoms with van der Waals surface area (Å²) in [6.07, 6.45) is 1.01. The Morgan fingerprint density at radius 3 is 1.51 bits per heavy atom. The van der Waals surface area contributed by atoms with Crippen molar-refractivity contribution >= 4 is 22.5 Å². The molecule has 6 aliphatic rings. The van der Waals surface area contributed by atoms with Crippen molar-refractivity contribution in [1.82, 2.24) is 28.4 Å². The maximum Gasteiger partial charge on any atom is 0.221 e. The van der Waals surface area contributed by atoms with E-state index in [1.165, 1.54) is 0 Å². The molecule has 1 unspecified atom stereocenters. The Bertz CT molecular complexity index is 1200. The number of halogens is 1. The van der Waals surface area contributed by atoms with Gasteiger partial charge in [-0.1, -0.05) is 12.1 Å². The summed E-state index contributed by atoms with van der Waals surface area (Å²) in [7, 11) is -7.96. The molecule has 0 amide bonds. The molecule has 13 nitrogen and oxygen atoms in total. The molecule has 1 N–H and O–H groups in total. The predicted octanol–water partition coefficient (Wildman–Crippen LogP) is 3.80. The van der Waals surface area contributed by atoms with Crippen molar-refractivity contribution in [2.45, 2.75) is 13.0 Å². The number of ether oxygens (including phenoxy) is 4. The molecule has 0 aromatic heterocycles. The van der Waals surface area contributed by atoms with E-state index in [1.807, 2.05) is 12.1 Å². The van der Waals surface area contributed by atoms with Crippen molar-refractivity contribution in [3.8, 4) is 0 Å². The third kappa shape index (κ3) is 6.26. The smallest absolute Gasteiger partial charge is 0.221 e. The number of morpholine rings is 4. The van der Waals surface area contributed by atoms with Crippen molar-refractivity contribution in [1.29, 1.82) is 0 Å². The number of hydrogen-bond donors (Lipinski definition) is 1. The second-order valence-electron chi connectivity index (χ2n) is 11.5. The largest absolute Gasteiger partial charge is 0.379 e. The molecule has 1 spiro atoms. The molecule has 0 radical (unpaired) electrons. The van der Waals surface area contributed by atoms with Crippen molar-refractivity contribution in [3.05, 3.63) is 35.6 Å². The lowest BCUT2D eigenvalue weighted by atomic mass is 10.2. The van der Waals surface area contributed by atoms with Crippen LogP contribution >= 0.6 is 22.5 Å². The molecule has 0 bridgehead atoms. The number of rotatable bonds is 6. The van der Waals surface area contributed by atoms with Gasteiger partial charge in [0.25, 0.3) is 0 Å². The van der Waals surface area contributed by atoms with Gasteiger partial charge in [-0.2, -0.15) is 13.5 Å². The zero-order valence-corrected chi connectivity index (χ0v) is 27.6. The van der Waals surface area contributed by atoms with E-state index in [0.717, 1.165) is 77.4 Å². The third-order valence-electron chi connectivity index (χ3n) is 8.79. The minimum absolute atomic E-state index is 0.218. The lowest BCUT2D eigenvalue weighted by Crippen LogP contribution is -2.46. The molecule has 17 heteroatoms. The van der Waals surface area contributed by atoms with Crippen LogP contribution in [0.5, 0.6) is 0 Å². The summed E-state index contributed by atoms with van der Waals surface area (Å²) < 4.78 is 68.3. The molecule has 0 saturated carbocycles. The molecule has 1 aromatic carbocycles. The fourth-order valence-corrected chi connectivity index (χ4v) is 21.9. The molecule has 240 valence electrons. The van der Waals surface area contributed by atoms with Crippen LogP contribution in [-0.2, 0) is 25.5 Å². The zero-order chi connectivity index (χ0) is 29.2. The maximum absolute atomic E-state index is 13.9. The van der Waals surface area contributed by atoms with Crippen LogP contribution in [0.1, 0.15) is 12.0 Å². The molecule has 1 atom stereocenters. The highest BCUT2D eigenvalue weighted by Crippen LogP contribution is 2.82. The zero-order valence-electron chi connectivity index (χ0n) is 24.9. The number of hydrogen-bond acceptors (Lipinski definition) is 13. The highest BCUT2D eigenvalue weighted by atomic mass is 31.3. The number of nitrogens with zero attached hydrogens (tertiary/aromatic N) is 8. The topological polar surface area (TPSA) is 102 Å². The molecule has 7 rings (SSSR count). The SMILES string of the molecule is Fc1ccc(CN2CCCNP23=NP(N2CCOCC2)(N2CCOCC2)=NP(N2CCOCC2)(N2CCOCC2)=N3)cc1. The summed E-state index contributed by atoms with van der Waals surface area (Å²) in [4.78, 5) is 0. The average Bonchev–Trinajstić information content (AvgIpc) is 3.08. The summed E-state index contributed by atoms with van der Waals surface area (Å²) in [5, 5.41) is 3.98. The van der Waals surface area contributed by atoms with Gasteiger partial charge in [-0.25, -0.2) is 27.7 Å². The quantitative estimate of drug-likeness (QED) is 0.454. The number of nitrogens with one attached hydrogen (secondary N) is 1. The van der Waals surface area contributed by atoms with Crippen LogP contribution in [0.25, 0.3) is 0 Å². The normalized spacial score (nSPS) is 31.7. The lowest BCUT2D eigenvalue weighted by molar-refractivity contribution is 0.0547. The minimum atomic E-state index is -2.67. The van der Waals surface area contributed by atoms with Gasteiger partial charge >= 0.3 is 0 Å². The first kappa shape index (κ1) is 31.1. The summed E-state index contributed by atoms with van der Waals surface area (Å²) in [5.41, 5.74) is 1.07. The van der Waals surface area contributed by atoms with E-state index in [1.54, 1.807) is 12.1 Å². The van der Waals surface area contributed by atoms with Gasteiger partial charge in [0.15, 0.2) is 0 Å². The van der Waals surface area contributed by atoms with Gasteiger partial charge in [0.1, 0.15) is 5.82 Å². The van der Waals surface area contributed by atoms with Crippen molar-refractivity contribution < 1.29 is 23.3 Å². The lowest BCUT2D eigenvalue weighted by Gasteiger charge is -2.53. The highest BCUT2D eigenvalue weighted by Gasteiger charge is 2.51. The number of benzene rings is 1. The van der Waals surface area contributed by atoms with Crippen molar-refractivity contribution in [2.24, 2.45) is 13.5 Å². The summed E-state index contributed by atoms with van der Waals surface area (Å²) in [6.45, 7) is 14.1. The van der Waals surface area contributed by atoms with Crippen LogP contribution in [0, 0.1) is 5.82 Å². The summed E-state index contributed by atoms with van der Waals surface area (Å²) in [6, 6.07) is 6.90. The molecule has 1 aromatic rings. The molecule has 6 heterocycles. The van der Waals surface area contributed by atoms with Gasteiger partial charge in [-0.15, -0.1) is 0 Å². The van der Waals surface area contributed by atoms with E-state index >= 15 is 0 Å². The Morgan fingerprint density at radius 1 is 0.605 bits per heavy atom. The van der Waals surface area contributed by atoms with Crippen molar-refractivity contribution in [3.63, 3.8) is 0 Å². The molecule has 6 aliphatic heterocycles. The van der Waals surface area contributed by atoms with Gasteiger partial charge in [0, 0.05) is 72.0 Å². The summed E-state index contributed by atoms with van der Waals surface area (Å²) >= 11 is 0. The van der Waals surface area contributed by atoms with Crippen LogP contribution in [0.15, 0.2) is 37.8 Å². The molecule has 43 heavy (non-hydrogen) atoms. The van der Waals surface area contributed by atoms with Crippen molar-refractivity contribution in [2.75, 3.05) is 118 Å². The third-order valence-corrected chi connectivity index (χ3v) is 21.0. The van der Waals surface area contributed by atoms with E-state index < -0.39 is 22.5 Å². The van der Waals surface area contributed by atoms with Crippen LogP contribution in [-0.4, -0.2) is 142 Å². The fourth-order valence-electron chi connectivity index (χ4n) is 6.53. The standard InChI is InChI=1S/C26H45FN9O4P3/c27-26-4-2-25(3-5-26)24-36-7-1-6-28-41(36)29-42(32-8-16-37-17-9-32,33-10-18-38-19-11-33)31-43(30-41,34-12-20-39-21-13-34)35-14-22-40-23-15-35/h2-5,28H,1,6-24H2. The van der Waals surface area contributed by atoms with E-state index in [2.05, 4.69) is 28.4 Å². The van der Waals surface area contributed by atoms with Crippen LogP contribution in [0.4, 0.5) is 4.39 Å². The molecule has 5 saturated heterocycles. The Hall–Kier alpha value is -0.560. The predicted molar refractivity (Wildman–Crippen MR) is 167 cm³/mol. The second kappa shape index (κ2) is 13.7. The van der Waals surface area contributed by atoms with E-state index in [-0.39, 0.29) is 5.82 Å². The van der Waals surface area contributed by atoms with Gasteiger partial charge in [-0.05, 0) is 24.1 Å². The Balaban J connectivity index is 1.48. The van der Waals surface area contributed by atoms with Crippen LogP contribution in [0.2, 0.25) is 0 Å². The van der Waals surface area contributed by atoms with E-state index in [0.29, 0.717) is 59.4 Å². The first-order valence-electron chi connectivity index (χ1n) is 15.6. The Morgan fingerprint density at radius 2 is 1.05 bits per heavy atom. The first-order chi connectivity index (χ1) is 21.1. The van der Waals surface area contributed by atoms with Crippen LogP contribution < -0.4 is 5.09 Å². The van der Waals surface area contributed by atoms with E-state index in [4.69, 9.17) is 32.5 Å². The van der Waals surface area contributed by atoms with Crippen LogP contribution in [0.3, 0.4) is 0 Å².